The molecule has 0 saturated heterocycles. The Balaban J connectivity index is 3.27. The molecule has 2 N–H and O–H groups in total. The van der Waals surface area contributed by atoms with Gasteiger partial charge in [-0.15, -0.1) is 0 Å². The first-order valence-electron chi connectivity index (χ1n) is 3.90. The lowest BCUT2D eigenvalue weighted by molar-refractivity contribution is -0.133. The van der Waals surface area contributed by atoms with Crippen LogP contribution in [-0.2, 0) is 9.59 Å². The minimum atomic E-state index is -1.35. The Morgan fingerprint density at radius 2 is 2.13 bits per heavy atom. The van der Waals surface area contributed by atoms with Crippen LogP contribution in [0.15, 0.2) is 25.0 Å². The van der Waals surface area contributed by atoms with Gasteiger partial charge in [-0.2, -0.15) is 0 Å². The normalized spacial score (nSPS) is 11.1. The molecule has 1 aromatic rings. The second-order valence-corrected chi connectivity index (χ2v) is 2.54. The van der Waals surface area contributed by atoms with Crippen molar-refractivity contribution in [1.29, 1.82) is 0 Å². The first-order chi connectivity index (χ1) is 7.06. The highest BCUT2D eigenvalue weighted by Crippen LogP contribution is 2.12. The van der Waals surface area contributed by atoms with E-state index in [9.17, 15) is 9.59 Å². The summed E-state index contributed by atoms with van der Waals surface area (Å²) in [4.78, 5) is 24.9. The smallest absolute Gasteiger partial charge is 0.339 e. The Morgan fingerprint density at radius 1 is 1.47 bits per heavy atom. The van der Waals surface area contributed by atoms with Crippen LogP contribution in [0.4, 0.5) is 0 Å². The summed E-state index contributed by atoms with van der Waals surface area (Å²) < 4.78 is 1.32. The molecule has 1 rings (SSSR count). The van der Waals surface area contributed by atoms with Crippen LogP contribution in [-0.4, -0.2) is 31.7 Å². The van der Waals surface area contributed by atoms with Crippen LogP contribution in [0.5, 0.6) is 0 Å². The molecule has 0 aromatic carbocycles. The van der Waals surface area contributed by atoms with E-state index in [1.807, 2.05) is 0 Å². The lowest BCUT2D eigenvalue weighted by atomic mass is 10.2. The molecule has 0 spiro atoms. The minimum Gasteiger partial charge on any atom is -0.478 e. The van der Waals surface area contributed by atoms with Gasteiger partial charge in [0.15, 0.2) is 5.82 Å². The van der Waals surface area contributed by atoms with Crippen molar-refractivity contribution in [3.63, 3.8) is 0 Å². The second-order valence-electron chi connectivity index (χ2n) is 2.54. The molecule has 0 aliphatic heterocycles. The molecule has 6 nitrogen and oxygen atoms in total. The maximum atomic E-state index is 10.8. The van der Waals surface area contributed by atoms with Gasteiger partial charge in [0.1, 0.15) is 5.57 Å². The van der Waals surface area contributed by atoms with Crippen LogP contribution in [0.3, 0.4) is 0 Å². The van der Waals surface area contributed by atoms with E-state index in [0.717, 1.165) is 0 Å². The zero-order valence-corrected chi connectivity index (χ0v) is 7.62. The summed E-state index contributed by atoms with van der Waals surface area (Å²) in [5.74, 6) is -2.67. The second kappa shape index (κ2) is 4.23. The fourth-order valence-electron chi connectivity index (χ4n) is 1.01. The van der Waals surface area contributed by atoms with E-state index in [1.54, 1.807) is 0 Å². The van der Waals surface area contributed by atoms with Crippen molar-refractivity contribution in [3.05, 3.63) is 30.9 Å². The number of hydrogen-bond donors (Lipinski definition) is 2. The summed E-state index contributed by atoms with van der Waals surface area (Å²) in [5.41, 5.74) is -0.396. The van der Waals surface area contributed by atoms with Crippen LogP contribution in [0, 0.1) is 0 Å². The van der Waals surface area contributed by atoms with Gasteiger partial charge in [-0.25, -0.2) is 14.6 Å². The molecular weight excluding hydrogens is 200 g/mol. The summed E-state index contributed by atoms with van der Waals surface area (Å²) in [6.45, 7) is 3.44. The highest BCUT2D eigenvalue weighted by molar-refractivity contribution is 6.18. The Kier molecular flexibility index (Phi) is 3.02. The van der Waals surface area contributed by atoms with Crippen LogP contribution < -0.4 is 0 Å². The number of carbonyl (C=O) groups is 2. The Hall–Kier alpha value is -2.37. The average molecular weight is 208 g/mol. The molecular formula is C9H8N2O4. The van der Waals surface area contributed by atoms with Crippen LogP contribution in [0.2, 0.25) is 0 Å². The van der Waals surface area contributed by atoms with Gasteiger partial charge in [0.05, 0.1) is 0 Å². The zero-order chi connectivity index (χ0) is 11.4. The van der Waals surface area contributed by atoms with E-state index in [1.165, 1.54) is 23.2 Å². The molecule has 78 valence electrons. The molecule has 0 saturated carbocycles. The number of aromatic nitrogens is 2. The highest BCUT2D eigenvalue weighted by atomic mass is 16.4. The summed E-state index contributed by atoms with van der Waals surface area (Å²) in [7, 11) is 0. The third-order valence-corrected chi connectivity index (χ3v) is 1.60. The predicted molar refractivity (Wildman–Crippen MR) is 51.9 cm³/mol. The highest BCUT2D eigenvalue weighted by Gasteiger charge is 2.16. The number of carboxylic acids is 2. The van der Waals surface area contributed by atoms with Crippen molar-refractivity contribution < 1.29 is 19.8 Å². The molecule has 0 unspecified atom stereocenters. The molecule has 6 heteroatoms. The molecule has 0 amide bonds. The number of rotatable bonds is 4. The standard InChI is InChI=1S/C9H8N2O4/c1-2-11-4-3-10-8(11)6(9(14)15)5-7(12)13/h2-5H,1H2,(H,12,13)(H,14,15)/b6-5-. The van der Waals surface area contributed by atoms with Gasteiger partial charge >= 0.3 is 11.9 Å². The molecule has 0 radical (unpaired) electrons. The van der Waals surface area contributed by atoms with Crippen molar-refractivity contribution in [2.75, 3.05) is 0 Å². The number of hydrogen-bond acceptors (Lipinski definition) is 3. The van der Waals surface area contributed by atoms with Crippen molar-refractivity contribution in [2.45, 2.75) is 0 Å². The Labute approximate surface area is 84.8 Å². The van der Waals surface area contributed by atoms with Crippen LogP contribution in [0.25, 0.3) is 11.8 Å². The van der Waals surface area contributed by atoms with Crippen LogP contribution >= 0.6 is 0 Å². The SMILES string of the molecule is C=Cn1ccnc1/C(=C/C(=O)O)C(=O)O. The van der Waals surface area contributed by atoms with Gasteiger partial charge in [0, 0.05) is 24.7 Å². The zero-order valence-electron chi connectivity index (χ0n) is 7.62. The molecule has 1 heterocycles. The third kappa shape index (κ3) is 2.31. The maximum Gasteiger partial charge on any atom is 0.339 e. The molecule has 1 aromatic heterocycles. The monoisotopic (exact) mass is 208 g/mol. The third-order valence-electron chi connectivity index (χ3n) is 1.60. The fraction of sp³-hybridized carbons (Fsp3) is 0. The van der Waals surface area contributed by atoms with E-state index in [-0.39, 0.29) is 5.82 Å². The van der Waals surface area contributed by atoms with Crippen molar-refractivity contribution >= 4 is 23.7 Å². The molecule has 0 bridgehead atoms. The molecule has 0 atom stereocenters. The first kappa shape index (κ1) is 10.7. The summed E-state index contributed by atoms with van der Waals surface area (Å²) in [5, 5.41) is 17.3. The first-order valence-corrected chi connectivity index (χ1v) is 3.90. The van der Waals surface area contributed by atoms with Crippen molar-refractivity contribution in [1.82, 2.24) is 9.55 Å². The number of aliphatic carboxylic acids is 2. The Morgan fingerprint density at radius 3 is 2.60 bits per heavy atom. The van der Waals surface area contributed by atoms with E-state index in [4.69, 9.17) is 10.2 Å². The number of carboxylic acid groups (broad SMARTS) is 2. The quantitative estimate of drug-likeness (QED) is 0.704. The van der Waals surface area contributed by atoms with Gasteiger partial charge in [0.25, 0.3) is 0 Å². The van der Waals surface area contributed by atoms with E-state index < -0.39 is 17.5 Å². The van der Waals surface area contributed by atoms with E-state index >= 15 is 0 Å². The van der Waals surface area contributed by atoms with Gasteiger partial charge in [0.2, 0.25) is 0 Å². The van der Waals surface area contributed by atoms with Gasteiger partial charge in [-0.1, -0.05) is 6.58 Å². The molecule has 15 heavy (non-hydrogen) atoms. The lowest BCUT2D eigenvalue weighted by Crippen LogP contribution is -2.07. The van der Waals surface area contributed by atoms with Crippen LogP contribution in [0.1, 0.15) is 5.82 Å². The lowest BCUT2D eigenvalue weighted by Gasteiger charge is -2.01. The fourth-order valence-corrected chi connectivity index (χ4v) is 1.01. The number of nitrogens with zero attached hydrogens (tertiary/aromatic N) is 2. The van der Waals surface area contributed by atoms with Crippen molar-refractivity contribution in [3.8, 4) is 0 Å². The molecule has 0 fully saturated rings. The minimum absolute atomic E-state index is 0.0277. The average Bonchev–Trinajstić information content (AvgIpc) is 2.60. The van der Waals surface area contributed by atoms with Gasteiger partial charge in [-0.05, 0) is 0 Å². The van der Waals surface area contributed by atoms with E-state index in [2.05, 4.69) is 11.6 Å². The van der Waals surface area contributed by atoms with Gasteiger partial charge < -0.3 is 14.8 Å². The summed E-state index contributed by atoms with van der Waals surface area (Å²) >= 11 is 0. The summed E-state index contributed by atoms with van der Waals surface area (Å²) in [6, 6.07) is 0. The predicted octanol–water partition coefficient (Wildman–Crippen LogP) is 0.536. The molecule has 0 aliphatic rings. The molecule has 0 aliphatic carbocycles. The van der Waals surface area contributed by atoms with Crippen molar-refractivity contribution in [2.24, 2.45) is 0 Å². The van der Waals surface area contributed by atoms with Gasteiger partial charge in [-0.3, -0.25) is 0 Å². The number of imidazole rings is 1. The Bertz CT molecular complexity index is 445. The largest absolute Gasteiger partial charge is 0.478 e. The topological polar surface area (TPSA) is 92.4 Å². The maximum absolute atomic E-state index is 10.8. The van der Waals surface area contributed by atoms with E-state index in [0.29, 0.717) is 6.08 Å². The summed E-state index contributed by atoms with van der Waals surface area (Å²) in [6.07, 6.45) is 4.75.